The Hall–Kier alpha value is -1.76. The van der Waals surface area contributed by atoms with Gasteiger partial charge in [-0.05, 0) is 89.4 Å². The van der Waals surface area contributed by atoms with Gasteiger partial charge in [0, 0.05) is 19.1 Å². The third kappa shape index (κ3) is 3.70. The highest BCUT2D eigenvalue weighted by molar-refractivity contribution is 5.73. The fourth-order valence-electron chi connectivity index (χ4n) is 6.68. The van der Waals surface area contributed by atoms with E-state index >= 15 is 0 Å². The first-order chi connectivity index (χ1) is 14.3. The van der Waals surface area contributed by atoms with Gasteiger partial charge in [0.1, 0.15) is 0 Å². The average Bonchev–Trinajstić information content (AvgIpc) is 3.08. The number of ether oxygens (including phenoxy) is 1. The predicted octanol–water partition coefficient (Wildman–Crippen LogP) is 3.51. The number of nitrogens with zero attached hydrogens (tertiary/aromatic N) is 3. The zero-order valence-electron chi connectivity index (χ0n) is 18.5. The van der Waals surface area contributed by atoms with Crippen molar-refractivity contribution in [1.29, 1.82) is 0 Å². The summed E-state index contributed by atoms with van der Waals surface area (Å²) in [6.07, 6.45) is 8.97. The number of nitrogens with one attached hydrogen (secondary N) is 1. The molecule has 7 heteroatoms. The molecule has 0 radical (unpaired) electrons. The van der Waals surface area contributed by atoms with Crippen molar-refractivity contribution in [3.8, 4) is 5.75 Å². The van der Waals surface area contributed by atoms with Crippen molar-refractivity contribution < 1.29 is 14.6 Å². The van der Waals surface area contributed by atoms with E-state index < -0.39 is 0 Å². The van der Waals surface area contributed by atoms with E-state index in [2.05, 4.69) is 36.1 Å². The Morgan fingerprint density at radius 2 is 1.70 bits per heavy atom. The number of anilines is 1. The number of rotatable bonds is 3. The molecule has 0 unspecified atom stereocenters. The Morgan fingerprint density at radius 1 is 1.10 bits per heavy atom. The van der Waals surface area contributed by atoms with E-state index in [1.165, 1.54) is 32.1 Å². The van der Waals surface area contributed by atoms with Gasteiger partial charge in [-0.15, -0.1) is 0 Å². The van der Waals surface area contributed by atoms with E-state index in [1.54, 1.807) is 6.20 Å². The lowest BCUT2D eigenvalue weighted by atomic mass is 9.54. The summed E-state index contributed by atoms with van der Waals surface area (Å²) in [5, 5.41) is 17.7. The Bertz CT molecular complexity index is 763. The van der Waals surface area contributed by atoms with Gasteiger partial charge in [-0.25, -0.2) is 9.48 Å². The number of aliphatic hydroxyl groups excluding tert-OH is 1. The van der Waals surface area contributed by atoms with Crippen LogP contribution in [0.3, 0.4) is 0 Å². The zero-order valence-corrected chi connectivity index (χ0v) is 18.5. The molecular weight excluding hydrogens is 380 g/mol. The second-order valence-corrected chi connectivity index (χ2v) is 11.1. The quantitative estimate of drug-likeness (QED) is 0.788. The molecule has 0 spiro atoms. The van der Waals surface area contributed by atoms with Gasteiger partial charge in [-0.2, -0.15) is 5.10 Å². The van der Waals surface area contributed by atoms with E-state index in [1.807, 2.05) is 4.68 Å². The smallest absolute Gasteiger partial charge is 0.405 e. The lowest BCUT2D eigenvalue weighted by Gasteiger charge is -2.54. The number of aliphatic hydroxyl groups is 1. The standard InChI is InChI=1S/C23H36N4O3/c1-23(2,3)27-21(26-6-4-18(28)5-7-26)19(13-24-27)30-22(29)25-20-16-9-14-8-15(11-16)12-17(20)10-14/h13-18,20,28H,4-12H2,1-3H3,(H,25,29). The molecule has 1 amide bonds. The molecule has 4 aliphatic carbocycles. The number of hydrogen-bond donors (Lipinski definition) is 2. The number of carbonyl (C=O) groups excluding carboxylic acids is 1. The van der Waals surface area contributed by atoms with Gasteiger partial charge < -0.3 is 20.1 Å². The molecule has 1 aromatic heterocycles. The molecule has 7 nitrogen and oxygen atoms in total. The summed E-state index contributed by atoms with van der Waals surface area (Å²) in [6.45, 7) is 7.76. The number of aromatic nitrogens is 2. The summed E-state index contributed by atoms with van der Waals surface area (Å²) >= 11 is 0. The molecule has 0 aromatic carbocycles. The molecule has 6 rings (SSSR count). The fraction of sp³-hybridized carbons (Fsp3) is 0.826. The van der Waals surface area contributed by atoms with Crippen LogP contribution in [0.4, 0.5) is 10.6 Å². The van der Waals surface area contributed by atoms with Crippen molar-refractivity contribution >= 4 is 11.9 Å². The highest BCUT2D eigenvalue weighted by Gasteiger charge is 2.48. The van der Waals surface area contributed by atoms with E-state index in [9.17, 15) is 9.90 Å². The largest absolute Gasteiger partial charge is 0.413 e. The third-order valence-electron chi connectivity index (χ3n) is 7.82. The molecule has 5 aliphatic rings. The Morgan fingerprint density at radius 3 is 2.27 bits per heavy atom. The van der Waals surface area contributed by atoms with Crippen LogP contribution in [-0.4, -0.2) is 46.2 Å². The average molecular weight is 417 g/mol. The van der Waals surface area contributed by atoms with E-state index in [4.69, 9.17) is 4.74 Å². The Balaban J connectivity index is 1.32. The van der Waals surface area contributed by atoms with Crippen molar-refractivity contribution in [3.63, 3.8) is 0 Å². The highest BCUT2D eigenvalue weighted by Crippen LogP contribution is 2.53. The monoisotopic (exact) mass is 416 g/mol. The number of amides is 1. The summed E-state index contributed by atoms with van der Waals surface area (Å²) in [5.41, 5.74) is -0.231. The minimum Gasteiger partial charge on any atom is -0.405 e. The number of carbonyl (C=O) groups is 1. The normalized spacial score (nSPS) is 33.7. The Kier molecular flexibility index (Phi) is 4.99. The first kappa shape index (κ1) is 20.2. The summed E-state index contributed by atoms with van der Waals surface area (Å²) in [5.74, 6) is 4.36. The number of hydrogen-bond acceptors (Lipinski definition) is 5. The maximum Gasteiger partial charge on any atom is 0.413 e. The second kappa shape index (κ2) is 7.43. The maximum absolute atomic E-state index is 12.9. The van der Waals surface area contributed by atoms with Gasteiger partial charge in [0.2, 0.25) is 0 Å². The molecule has 0 atom stereocenters. The van der Waals surface area contributed by atoms with Crippen molar-refractivity contribution in [2.75, 3.05) is 18.0 Å². The summed E-state index contributed by atoms with van der Waals surface area (Å²) < 4.78 is 7.81. The molecule has 1 saturated heterocycles. The van der Waals surface area contributed by atoms with Crippen LogP contribution in [0.15, 0.2) is 6.20 Å². The second-order valence-electron chi connectivity index (χ2n) is 11.1. The minimum atomic E-state index is -0.348. The molecule has 166 valence electrons. The van der Waals surface area contributed by atoms with Gasteiger partial charge in [-0.3, -0.25) is 0 Å². The lowest BCUT2D eigenvalue weighted by Crippen LogP contribution is -2.56. The summed E-state index contributed by atoms with van der Waals surface area (Å²) in [6, 6.07) is 0.261. The van der Waals surface area contributed by atoms with Crippen LogP contribution in [0.1, 0.15) is 65.7 Å². The van der Waals surface area contributed by atoms with E-state index in [0.717, 1.165) is 30.7 Å². The van der Waals surface area contributed by atoms with Crippen LogP contribution in [-0.2, 0) is 5.54 Å². The van der Waals surface area contributed by atoms with Crippen LogP contribution >= 0.6 is 0 Å². The molecule has 4 bridgehead atoms. The molecule has 1 aliphatic heterocycles. The van der Waals surface area contributed by atoms with E-state index in [0.29, 0.717) is 30.4 Å². The molecule has 5 fully saturated rings. The SMILES string of the molecule is CC(C)(C)n1ncc(OC(=O)NC2C3CC4CC(C3)CC2C4)c1N1CCC(O)CC1. The molecule has 2 heterocycles. The van der Waals surface area contributed by atoms with Gasteiger partial charge in [-0.1, -0.05) is 0 Å². The highest BCUT2D eigenvalue weighted by atomic mass is 16.6. The topological polar surface area (TPSA) is 79.6 Å². The van der Waals surface area contributed by atoms with Crippen LogP contribution < -0.4 is 15.0 Å². The van der Waals surface area contributed by atoms with Gasteiger partial charge in [0.15, 0.2) is 11.6 Å². The summed E-state index contributed by atoms with van der Waals surface area (Å²) in [7, 11) is 0. The fourth-order valence-corrected chi connectivity index (χ4v) is 6.68. The van der Waals surface area contributed by atoms with Gasteiger partial charge in [0.25, 0.3) is 0 Å². The Labute approximate surface area is 179 Å². The molecule has 4 saturated carbocycles. The van der Waals surface area contributed by atoms with Gasteiger partial charge in [0.05, 0.1) is 17.8 Å². The first-order valence-electron chi connectivity index (χ1n) is 11.8. The van der Waals surface area contributed by atoms with Crippen LogP contribution in [0.5, 0.6) is 5.75 Å². The predicted molar refractivity (Wildman–Crippen MR) is 115 cm³/mol. The van der Waals surface area contributed by atoms with Crippen LogP contribution in [0, 0.1) is 23.7 Å². The van der Waals surface area contributed by atoms with Crippen molar-refractivity contribution in [1.82, 2.24) is 15.1 Å². The first-order valence-corrected chi connectivity index (χ1v) is 11.8. The van der Waals surface area contributed by atoms with Crippen LogP contribution in [0.25, 0.3) is 0 Å². The molecule has 2 N–H and O–H groups in total. The summed E-state index contributed by atoms with van der Waals surface area (Å²) in [4.78, 5) is 15.1. The molecular formula is C23H36N4O3. The van der Waals surface area contributed by atoms with Crippen molar-refractivity contribution in [2.45, 2.75) is 83.4 Å². The van der Waals surface area contributed by atoms with Gasteiger partial charge >= 0.3 is 6.09 Å². The lowest BCUT2D eigenvalue weighted by molar-refractivity contribution is -0.0114. The third-order valence-corrected chi connectivity index (χ3v) is 7.82. The van der Waals surface area contributed by atoms with E-state index in [-0.39, 0.29) is 23.8 Å². The van der Waals surface area contributed by atoms with Crippen molar-refractivity contribution in [3.05, 3.63) is 6.20 Å². The zero-order chi connectivity index (χ0) is 21.0. The maximum atomic E-state index is 12.9. The van der Waals surface area contributed by atoms with Crippen LogP contribution in [0.2, 0.25) is 0 Å². The molecule has 1 aromatic rings. The minimum absolute atomic E-state index is 0.231. The van der Waals surface area contributed by atoms with Crippen molar-refractivity contribution in [2.24, 2.45) is 23.7 Å². The molecule has 30 heavy (non-hydrogen) atoms. The number of piperidine rings is 1.